The Morgan fingerprint density at radius 1 is 1.32 bits per heavy atom. The molecule has 0 saturated carbocycles. The Balaban J connectivity index is 1.91. The third kappa shape index (κ3) is 5.23. The molecule has 0 bridgehead atoms. The van der Waals surface area contributed by atoms with Crippen LogP contribution in [0.2, 0.25) is 0 Å². The average molecular weight is 441 g/mol. The van der Waals surface area contributed by atoms with Gasteiger partial charge in [-0.15, -0.1) is 0 Å². The number of halogens is 4. The molecule has 0 aliphatic carbocycles. The Morgan fingerprint density at radius 3 is 2.71 bits per heavy atom. The molecule has 1 fully saturated rings. The summed E-state index contributed by atoms with van der Waals surface area (Å²) < 4.78 is 63.7. The second-order valence-corrected chi connectivity index (χ2v) is 7.23. The highest BCUT2D eigenvalue weighted by Gasteiger charge is 2.43. The minimum absolute atomic E-state index is 0.0145. The molecule has 2 aromatic rings. The average Bonchev–Trinajstić information content (AvgIpc) is 2.73. The van der Waals surface area contributed by atoms with Gasteiger partial charge in [0.15, 0.2) is 17.7 Å². The van der Waals surface area contributed by atoms with Crippen molar-refractivity contribution in [2.45, 2.75) is 32.2 Å². The van der Waals surface area contributed by atoms with Crippen molar-refractivity contribution in [3.05, 3.63) is 48.2 Å². The maximum Gasteiger partial charge on any atom is 0.416 e. The third-order valence-electron chi connectivity index (χ3n) is 4.63. The number of nitrogens with one attached hydrogen (secondary N) is 1. The van der Waals surface area contributed by atoms with Crippen molar-refractivity contribution < 1.29 is 27.0 Å². The first-order chi connectivity index (χ1) is 14.6. The number of morpholine rings is 1. The molecule has 1 aromatic heterocycles. The number of ether oxygens (including phenoxy) is 2. The number of hydrogen-bond donors (Lipinski definition) is 2. The minimum Gasteiger partial charge on any atom is -0.488 e. The van der Waals surface area contributed by atoms with Crippen molar-refractivity contribution in [2.24, 2.45) is 5.84 Å². The van der Waals surface area contributed by atoms with Crippen molar-refractivity contribution in [3.8, 4) is 5.75 Å². The van der Waals surface area contributed by atoms with Gasteiger partial charge in [0.1, 0.15) is 12.1 Å². The molecule has 7 nitrogen and oxygen atoms in total. The van der Waals surface area contributed by atoms with Gasteiger partial charge in [-0.3, -0.25) is 5.84 Å². The third-order valence-corrected chi connectivity index (χ3v) is 4.63. The topological polar surface area (TPSA) is 85.5 Å². The van der Waals surface area contributed by atoms with E-state index in [0.29, 0.717) is 22.6 Å². The number of benzene rings is 1. The van der Waals surface area contributed by atoms with E-state index in [1.54, 1.807) is 13.8 Å². The predicted molar refractivity (Wildman–Crippen MR) is 108 cm³/mol. The van der Waals surface area contributed by atoms with Crippen LogP contribution in [0.1, 0.15) is 25.1 Å². The zero-order valence-corrected chi connectivity index (χ0v) is 17.0. The van der Waals surface area contributed by atoms with Crippen LogP contribution in [0.25, 0.3) is 5.57 Å². The van der Waals surface area contributed by atoms with Crippen LogP contribution in [0.5, 0.6) is 5.75 Å². The fourth-order valence-corrected chi connectivity index (χ4v) is 3.15. The highest BCUT2D eigenvalue weighted by molar-refractivity contribution is 5.84. The lowest BCUT2D eigenvalue weighted by Gasteiger charge is -2.34. The second-order valence-electron chi connectivity index (χ2n) is 7.23. The van der Waals surface area contributed by atoms with Gasteiger partial charge in [0.05, 0.1) is 30.6 Å². The van der Waals surface area contributed by atoms with Gasteiger partial charge >= 0.3 is 6.18 Å². The van der Waals surface area contributed by atoms with Crippen LogP contribution < -0.4 is 20.9 Å². The van der Waals surface area contributed by atoms with Gasteiger partial charge in [0, 0.05) is 29.8 Å². The van der Waals surface area contributed by atoms with E-state index in [9.17, 15) is 17.6 Å². The number of nitrogens with zero attached hydrogens (tertiary/aromatic N) is 3. The molecule has 0 spiro atoms. The van der Waals surface area contributed by atoms with Crippen LogP contribution >= 0.6 is 0 Å². The molecule has 1 aliphatic heterocycles. The lowest BCUT2D eigenvalue weighted by molar-refractivity contribution is -0.221. The van der Waals surface area contributed by atoms with E-state index in [1.807, 2.05) is 0 Å². The number of hydrazine groups is 1. The summed E-state index contributed by atoms with van der Waals surface area (Å²) in [5.74, 6) is 5.24. The van der Waals surface area contributed by atoms with Gasteiger partial charge in [0.25, 0.3) is 0 Å². The van der Waals surface area contributed by atoms with Gasteiger partial charge < -0.3 is 19.8 Å². The van der Waals surface area contributed by atoms with Crippen molar-refractivity contribution in [2.75, 3.05) is 30.0 Å². The van der Waals surface area contributed by atoms with E-state index < -0.39 is 18.1 Å². The molecule has 1 atom stereocenters. The summed E-state index contributed by atoms with van der Waals surface area (Å²) in [6.07, 6.45) is -5.40. The number of rotatable bonds is 6. The number of anilines is 2. The quantitative estimate of drug-likeness (QED) is 0.403. The van der Waals surface area contributed by atoms with Gasteiger partial charge in [-0.2, -0.15) is 13.2 Å². The van der Waals surface area contributed by atoms with Gasteiger partial charge in [-0.1, -0.05) is 6.58 Å². The zero-order valence-electron chi connectivity index (χ0n) is 17.0. The Labute approximate surface area is 176 Å². The lowest BCUT2D eigenvalue weighted by Crippen LogP contribution is -2.49. The van der Waals surface area contributed by atoms with Crippen LogP contribution in [0.15, 0.2) is 31.1 Å². The maximum absolute atomic E-state index is 14.3. The smallest absolute Gasteiger partial charge is 0.416 e. The molecule has 168 valence electrons. The number of nitrogen functional groups attached to an aromatic ring is 1. The Hall–Kier alpha value is -2.92. The van der Waals surface area contributed by atoms with E-state index in [4.69, 9.17) is 15.3 Å². The van der Waals surface area contributed by atoms with Gasteiger partial charge in [0.2, 0.25) is 0 Å². The van der Waals surface area contributed by atoms with Crippen LogP contribution in [-0.4, -0.2) is 48.0 Å². The van der Waals surface area contributed by atoms with Crippen LogP contribution in [-0.2, 0) is 4.74 Å². The standard InChI is InChI=1S/C20H23F4N5O2/c1-11(2)31-17-6-13(16(28-25)7-14(17)21)12(3)15-8-19(27-10-26-15)29-4-5-30-18(9-29)20(22,23)24/h6-8,10-11,18,28H,3-5,9,25H2,1-2H3. The van der Waals surface area contributed by atoms with E-state index in [1.165, 1.54) is 29.4 Å². The van der Waals surface area contributed by atoms with Gasteiger partial charge in [-0.25, -0.2) is 14.4 Å². The molecular formula is C20H23F4N5O2. The SMILES string of the molecule is C=C(c1cc(N2CCOC(C(F)(F)F)C2)ncn1)c1cc(OC(C)C)c(F)cc1NN. The summed E-state index contributed by atoms with van der Waals surface area (Å²) in [6, 6.07) is 4.15. The fraction of sp³-hybridized carbons (Fsp3) is 0.400. The molecule has 1 saturated heterocycles. The summed E-state index contributed by atoms with van der Waals surface area (Å²) >= 11 is 0. The Kier molecular flexibility index (Phi) is 6.65. The molecule has 31 heavy (non-hydrogen) atoms. The molecule has 3 rings (SSSR count). The Morgan fingerprint density at radius 2 is 2.06 bits per heavy atom. The monoisotopic (exact) mass is 441 g/mol. The molecule has 0 radical (unpaired) electrons. The summed E-state index contributed by atoms with van der Waals surface area (Å²) in [4.78, 5) is 9.74. The van der Waals surface area contributed by atoms with Crippen molar-refractivity contribution in [1.82, 2.24) is 9.97 Å². The van der Waals surface area contributed by atoms with Gasteiger partial charge in [-0.05, 0) is 19.9 Å². The lowest BCUT2D eigenvalue weighted by atomic mass is 10.0. The molecule has 1 unspecified atom stereocenters. The Bertz CT molecular complexity index is 952. The molecule has 0 amide bonds. The zero-order chi connectivity index (χ0) is 22.8. The second kappa shape index (κ2) is 9.06. The summed E-state index contributed by atoms with van der Waals surface area (Å²) in [5, 5.41) is 0. The van der Waals surface area contributed by atoms with Crippen LogP contribution in [0.4, 0.5) is 29.1 Å². The first-order valence-electron chi connectivity index (χ1n) is 9.52. The molecular weight excluding hydrogens is 418 g/mol. The van der Waals surface area contributed by atoms with E-state index in [-0.39, 0.29) is 37.2 Å². The fourth-order valence-electron chi connectivity index (χ4n) is 3.15. The number of nitrogens with two attached hydrogens (primary N) is 1. The molecule has 3 N–H and O–H groups in total. The van der Waals surface area contributed by atoms with Crippen molar-refractivity contribution in [3.63, 3.8) is 0 Å². The molecule has 1 aliphatic rings. The first kappa shape index (κ1) is 22.8. The van der Waals surface area contributed by atoms with Crippen LogP contribution in [0, 0.1) is 5.82 Å². The van der Waals surface area contributed by atoms with Crippen molar-refractivity contribution >= 4 is 17.1 Å². The largest absolute Gasteiger partial charge is 0.488 e. The molecule has 1 aromatic carbocycles. The normalized spacial score (nSPS) is 17.0. The maximum atomic E-state index is 14.3. The summed E-state index contributed by atoms with van der Waals surface area (Å²) in [6.45, 7) is 7.30. The number of aromatic nitrogens is 2. The van der Waals surface area contributed by atoms with E-state index >= 15 is 0 Å². The van der Waals surface area contributed by atoms with E-state index in [2.05, 4.69) is 22.0 Å². The minimum atomic E-state index is -4.47. The van der Waals surface area contributed by atoms with Crippen LogP contribution in [0.3, 0.4) is 0 Å². The summed E-state index contributed by atoms with van der Waals surface area (Å²) in [5.41, 5.74) is 3.81. The van der Waals surface area contributed by atoms with Crippen molar-refractivity contribution in [1.29, 1.82) is 0 Å². The first-order valence-corrected chi connectivity index (χ1v) is 9.52. The highest BCUT2D eigenvalue weighted by Crippen LogP contribution is 2.34. The molecule has 11 heteroatoms. The van der Waals surface area contributed by atoms with E-state index in [0.717, 1.165) is 0 Å². The number of alkyl halides is 3. The highest BCUT2D eigenvalue weighted by atomic mass is 19.4. The molecule has 2 heterocycles. The predicted octanol–water partition coefficient (Wildman–Crippen LogP) is 3.52. The summed E-state index contributed by atoms with van der Waals surface area (Å²) in [7, 11) is 0. The number of hydrogen-bond acceptors (Lipinski definition) is 7.